The summed E-state index contributed by atoms with van der Waals surface area (Å²) in [6, 6.07) is 4.18. The number of aromatic nitrogens is 1. The molecule has 21 heavy (non-hydrogen) atoms. The minimum atomic E-state index is -0.0143. The summed E-state index contributed by atoms with van der Waals surface area (Å²) in [5.74, 6) is -0.0143. The van der Waals surface area contributed by atoms with Gasteiger partial charge in [0, 0.05) is 39.5 Å². The van der Waals surface area contributed by atoms with Crippen molar-refractivity contribution < 1.29 is 9.53 Å². The normalized spacial score (nSPS) is 22.5. The molecule has 5 nitrogen and oxygen atoms in total. The van der Waals surface area contributed by atoms with Crippen LogP contribution < -0.4 is 0 Å². The minimum absolute atomic E-state index is 0.0143. The van der Waals surface area contributed by atoms with Gasteiger partial charge in [-0.2, -0.15) is 0 Å². The van der Waals surface area contributed by atoms with E-state index in [1.807, 2.05) is 19.2 Å². The van der Waals surface area contributed by atoms with Gasteiger partial charge in [-0.1, -0.05) is 6.92 Å². The molecule has 2 rings (SSSR count). The van der Waals surface area contributed by atoms with Gasteiger partial charge < -0.3 is 9.64 Å². The van der Waals surface area contributed by atoms with Crippen molar-refractivity contribution >= 4 is 5.91 Å². The van der Waals surface area contributed by atoms with Crippen LogP contribution in [0.2, 0.25) is 0 Å². The monoisotopic (exact) mass is 291 g/mol. The van der Waals surface area contributed by atoms with Crippen LogP contribution in [0.3, 0.4) is 0 Å². The summed E-state index contributed by atoms with van der Waals surface area (Å²) >= 11 is 0. The number of hydrogen-bond acceptors (Lipinski definition) is 4. The van der Waals surface area contributed by atoms with Crippen molar-refractivity contribution in [3.8, 4) is 0 Å². The van der Waals surface area contributed by atoms with Crippen LogP contribution in [-0.2, 0) is 11.2 Å². The zero-order valence-electron chi connectivity index (χ0n) is 13.4. The van der Waals surface area contributed by atoms with Gasteiger partial charge in [-0.3, -0.25) is 14.7 Å². The highest BCUT2D eigenvalue weighted by Crippen LogP contribution is 2.19. The number of carbonyl (C=O) groups is 1. The van der Waals surface area contributed by atoms with Gasteiger partial charge in [0.1, 0.15) is 5.69 Å². The SMILES string of the molecule is CCc1ccnc(C(=O)N(C)C[C@@H]2C[C@H](OC)CN2C)c1. The summed E-state index contributed by atoms with van der Waals surface area (Å²) in [7, 11) is 5.67. The fourth-order valence-corrected chi connectivity index (χ4v) is 2.82. The molecule has 0 aromatic carbocycles. The van der Waals surface area contributed by atoms with E-state index in [9.17, 15) is 4.79 Å². The molecular weight excluding hydrogens is 266 g/mol. The summed E-state index contributed by atoms with van der Waals surface area (Å²) in [4.78, 5) is 20.7. The topological polar surface area (TPSA) is 45.7 Å². The van der Waals surface area contributed by atoms with Crippen LogP contribution in [0.4, 0.5) is 0 Å². The quantitative estimate of drug-likeness (QED) is 0.823. The van der Waals surface area contributed by atoms with Crippen LogP contribution in [-0.4, -0.2) is 67.1 Å². The second-order valence-electron chi connectivity index (χ2n) is 5.78. The highest BCUT2D eigenvalue weighted by atomic mass is 16.5. The van der Waals surface area contributed by atoms with E-state index in [2.05, 4.69) is 23.9 Å². The van der Waals surface area contributed by atoms with E-state index in [0.717, 1.165) is 24.9 Å². The number of rotatable bonds is 5. The van der Waals surface area contributed by atoms with Crippen LogP contribution in [0.15, 0.2) is 18.3 Å². The second-order valence-corrected chi connectivity index (χ2v) is 5.78. The molecule has 0 unspecified atom stereocenters. The molecular formula is C16H25N3O2. The van der Waals surface area contributed by atoms with Gasteiger partial charge in [0.05, 0.1) is 6.10 Å². The third-order valence-electron chi connectivity index (χ3n) is 4.27. The smallest absolute Gasteiger partial charge is 0.272 e. The Balaban J connectivity index is 1.99. The standard InChI is InChI=1S/C16H25N3O2/c1-5-12-6-7-17-15(8-12)16(20)19(3)10-13-9-14(21-4)11-18(13)2/h6-8,13-14H,5,9-11H2,1-4H3/t13-,14-/m0/s1. The highest BCUT2D eigenvalue weighted by molar-refractivity contribution is 5.92. The lowest BCUT2D eigenvalue weighted by molar-refractivity contribution is 0.0754. The first-order valence-electron chi connectivity index (χ1n) is 7.48. The lowest BCUT2D eigenvalue weighted by Gasteiger charge is -2.25. The number of ether oxygens (including phenoxy) is 1. The van der Waals surface area contributed by atoms with Gasteiger partial charge in [-0.25, -0.2) is 0 Å². The van der Waals surface area contributed by atoms with Crippen LogP contribution in [0.25, 0.3) is 0 Å². The maximum absolute atomic E-state index is 12.5. The van der Waals surface area contributed by atoms with E-state index >= 15 is 0 Å². The summed E-state index contributed by atoms with van der Waals surface area (Å²) in [5.41, 5.74) is 1.67. The van der Waals surface area contributed by atoms with E-state index in [1.54, 1.807) is 18.2 Å². The summed E-state index contributed by atoms with van der Waals surface area (Å²) in [5, 5.41) is 0. The number of hydrogen-bond donors (Lipinski definition) is 0. The summed E-state index contributed by atoms with van der Waals surface area (Å²) < 4.78 is 5.41. The molecule has 0 radical (unpaired) electrons. The molecule has 0 aliphatic carbocycles. The van der Waals surface area contributed by atoms with E-state index in [1.165, 1.54) is 0 Å². The fraction of sp³-hybridized carbons (Fsp3) is 0.625. The molecule has 1 aliphatic rings. The van der Waals surface area contributed by atoms with Crippen molar-refractivity contribution in [2.45, 2.75) is 31.9 Å². The first-order valence-corrected chi connectivity index (χ1v) is 7.48. The van der Waals surface area contributed by atoms with E-state index in [0.29, 0.717) is 18.3 Å². The van der Waals surface area contributed by atoms with E-state index in [-0.39, 0.29) is 12.0 Å². The molecule has 1 fully saturated rings. The van der Waals surface area contributed by atoms with Crippen LogP contribution in [0.5, 0.6) is 0 Å². The Morgan fingerprint density at radius 3 is 2.95 bits per heavy atom. The number of methoxy groups -OCH3 is 1. The first kappa shape index (κ1) is 15.9. The number of carbonyl (C=O) groups excluding carboxylic acids is 1. The molecule has 2 heterocycles. The molecule has 1 saturated heterocycles. The lowest BCUT2D eigenvalue weighted by Crippen LogP contribution is -2.39. The number of likely N-dealkylation sites (tertiary alicyclic amines) is 1. The van der Waals surface area contributed by atoms with Crippen LogP contribution in [0.1, 0.15) is 29.4 Å². The lowest BCUT2D eigenvalue weighted by atomic mass is 10.1. The molecule has 1 aliphatic heterocycles. The summed E-state index contributed by atoms with van der Waals surface area (Å²) in [6.07, 6.45) is 3.85. The average Bonchev–Trinajstić information content (AvgIpc) is 2.86. The molecule has 116 valence electrons. The van der Waals surface area contributed by atoms with Gasteiger partial charge in [0.2, 0.25) is 0 Å². The second kappa shape index (κ2) is 7.00. The number of likely N-dealkylation sites (N-methyl/N-ethyl adjacent to an activating group) is 2. The van der Waals surface area contributed by atoms with Crippen molar-refractivity contribution in [3.63, 3.8) is 0 Å². The third kappa shape index (κ3) is 3.80. The third-order valence-corrected chi connectivity index (χ3v) is 4.27. The van der Waals surface area contributed by atoms with E-state index in [4.69, 9.17) is 4.74 Å². The van der Waals surface area contributed by atoms with E-state index < -0.39 is 0 Å². The first-order chi connectivity index (χ1) is 10.0. The van der Waals surface area contributed by atoms with Gasteiger partial charge in [-0.05, 0) is 37.6 Å². The maximum atomic E-state index is 12.5. The highest BCUT2D eigenvalue weighted by Gasteiger charge is 2.31. The number of aryl methyl sites for hydroxylation is 1. The van der Waals surface area contributed by atoms with Crippen LogP contribution >= 0.6 is 0 Å². The Hall–Kier alpha value is -1.46. The molecule has 1 amide bonds. The Morgan fingerprint density at radius 2 is 2.33 bits per heavy atom. The number of amides is 1. The molecule has 0 spiro atoms. The predicted molar refractivity (Wildman–Crippen MR) is 82.4 cm³/mol. The zero-order valence-corrected chi connectivity index (χ0v) is 13.4. The van der Waals surface area contributed by atoms with Crippen molar-refractivity contribution in [2.24, 2.45) is 0 Å². The van der Waals surface area contributed by atoms with Crippen molar-refractivity contribution in [2.75, 3.05) is 34.3 Å². The molecule has 0 N–H and O–H groups in total. The predicted octanol–water partition coefficient (Wildman–Crippen LogP) is 1.44. The molecule has 1 aromatic rings. The Kier molecular flexibility index (Phi) is 5.31. The van der Waals surface area contributed by atoms with Crippen molar-refractivity contribution in [1.82, 2.24) is 14.8 Å². The largest absolute Gasteiger partial charge is 0.380 e. The Bertz CT molecular complexity index is 492. The molecule has 0 bridgehead atoms. The van der Waals surface area contributed by atoms with Gasteiger partial charge in [-0.15, -0.1) is 0 Å². The van der Waals surface area contributed by atoms with Crippen molar-refractivity contribution in [3.05, 3.63) is 29.6 Å². The minimum Gasteiger partial charge on any atom is -0.380 e. The van der Waals surface area contributed by atoms with Gasteiger partial charge >= 0.3 is 0 Å². The Labute approximate surface area is 126 Å². The zero-order chi connectivity index (χ0) is 15.4. The van der Waals surface area contributed by atoms with Gasteiger partial charge in [0.25, 0.3) is 5.91 Å². The molecule has 0 saturated carbocycles. The molecule has 1 aromatic heterocycles. The van der Waals surface area contributed by atoms with Crippen LogP contribution in [0, 0.1) is 0 Å². The number of nitrogens with zero attached hydrogens (tertiary/aromatic N) is 3. The van der Waals surface area contributed by atoms with Crippen molar-refractivity contribution in [1.29, 1.82) is 0 Å². The van der Waals surface area contributed by atoms with Gasteiger partial charge in [0.15, 0.2) is 0 Å². The number of pyridine rings is 1. The fourth-order valence-electron chi connectivity index (χ4n) is 2.82. The Morgan fingerprint density at radius 1 is 1.57 bits per heavy atom. The average molecular weight is 291 g/mol. The summed E-state index contributed by atoms with van der Waals surface area (Å²) in [6.45, 7) is 3.70. The molecule has 2 atom stereocenters. The molecule has 5 heteroatoms. The maximum Gasteiger partial charge on any atom is 0.272 e.